The van der Waals surface area contributed by atoms with Gasteiger partial charge in [0.2, 0.25) is 0 Å². The zero-order valence-corrected chi connectivity index (χ0v) is 46.9. The Morgan fingerprint density at radius 3 is 1.59 bits per heavy atom. The molecular weight excluding hydrogens is 1360 g/mol. The Morgan fingerprint density at radius 2 is 1.11 bits per heavy atom. The molecule has 0 amide bonds. The van der Waals surface area contributed by atoms with Crippen LogP contribution in [0, 0.1) is 73.9 Å². The summed E-state index contributed by atoms with van der Waals surface area (Å²) in [5, 5.41) is 9.25. The molecule has 7 rings (SSSR count). The van der Waals surface area contributed by atoms with E-state index in [0.29, 0.717) is 48.9 Å². The molecule has 0 unspecified atom stereocenters. The minimum atomic E-state index is -3.53. The fourth-order valence-corrected chi connectivity index (χ4v) is 7.48. The second kappa shape index (κ2) is 25.3. The average Bonchev–Trinajstić information content (AvgIpc) is 3.27. The van der Waals surface area contributed by atoms with Gasteiger partial charge in [0.25, 0.3) is 17.8 Å². The Hall–Kier alpha value is -4.03. The molecule has 0 radical (unpaired) electrons. The van der Waals surface area contributed by atoms with Crippen LogP contribution >= 0.6 is 95.6 Å². The lowest BCUT2D eigenvalue weighted by Crippen LogP contribution is -2.34. The van der Waals surface area contributed by atoms with Crippen molar-refractivity contribution < 1.29 is 57.5 Å². The van der Waals surface area contributed by atoms with Crippen molar-refractivity contribution in [1.29, 1.82) is 5.26 Å². The number of anilines is 2. The summed E-state index contributed by atoms with van der Waals surface area (Å²) in [7, 11) is 0. The van der Waals surface area contributed by atoms with E-state index < -0.39 is 64.4 Å². The largest absolute Gasteiger partial charge is 0.338 e. The van der Waals surface area contributed by atoms with Crippen LogP contribution in [0.1, 0.15) is 82.4 Å². The summed E-state index contributed by atoms with van der Waals surface area (Å²) < 4.78 is 164. The van der Waals surface area contributed by atoms with E-state index in [9.17, 15) is 62.7 Å². The summed E-state index contributed by atoms with van der Waals surface area (Å²) in [5.74, 6) is -15.0. The van der Waals surface area contributed by atoms with Gasteiger partial charge in [-0.25, -0.2) is 55.1 Å². The van der Waals surface area contributed by atoms with Crippen LogP contribution in [-0.4, -0.2) is 37.2 Å². The van der Waals surface area contributed by atoms with Gasteiger partial charge in [-0.1, -0.05) is 0 Å². The molecule has 26 heteroatoms. The molecule has 0 saturated carbocycles. The third-order valence-corrected chi connectivity index (χ3v) is 13.5. The monoisotopic (exact) mass is 1390 g/mol. The topological polar surface area (TPSA) is 109 Å². The number of fused-ring (bicyclic) bond motifs is 1. The van der Waals surface area contributed by atoms with E-state index >= 15 is 0 Å². The van der Waals surface area contributed by atoms with Gasteiger partial charge in [0.05, 0.1) is 23.1 Å². The SMILES string of the molecule is CC(=O)c1ncc(Br)c(C)c1F.Cc1c(Br)cnc(Br)c1F.Cc1c(Br)cnc(C(C)(F)F)c1F.Cc1c(N2CCC(F)(F)c3cc(F)cc(C#N)c32)cnc(C(C)(F)F)c1F.Fc1cc(Br)cnc1Br. The van der Waals surface area contributed by atoms with Gasteiger partial charge >= 0.3 is 0 Å². The highest BCUT2D eigenvalue weighted by molar-refractivity contribution is 9.11. The highest BCUT2D eigenvalue weighted by atomic mass is 79.9. The van der Waals surface area contributed by atoms with E-state index in [1.807, 2.05) is 0 Å². The lowest BCUT2D eigenvalue weighted by atomic mass is 9.93. The minimum absolute atomic E-state index is 0.0413. The number of alkyl halides is 6. The van der Waals surface area contributed by atoms with Crippen molar-refractivity contribution >= 4 is 113 Å². The van der Waals surface area contributed by atoms with Gasteiger partial charge < -0.3 is 4.90 Å². The van der Waals surface area contributed by atoms with Crippen LogP contribution in [0.25, 0.3) is 0 Å². The summed E-state index contributed by atoms with van der Waals surface area (Å²) >= 11 is 18.2. The summed E-state index contributed by atoms with van der Waals surface area (Å²) in [6.45, 7) is 7.97. The summed E-state index contributed by atoms with van der Waals surface area (Å²) in [5.41, 5.74) is -2.48. The number of carbonyl (C=O) groups excluding carboxylic acids is 1. The Labute approximate surface area is 448 Å². The second-order valence-corrected chi connectivity index (χ2v) is 19.9. The van der Waals surface area contributed by atoms with Gasteiger partial charge in [0.1, 0.15) is 38.2 Å². The van der Waals surface area contributed by atoms with Crippen LogP contribution in [0.5, 0.6) is 0 Å². The molecule has 0 fully saturated rings. The number of hydrogen-bond acceptors (Lipinski definition) is 8. The lowest BCUT2D eigenvalue weighted by molar-refractivity contribution is -0.0145. The number of ketones is 1. The van der Waals surface area contributed by atoms with Crippen molar-refractivity contribution in [2.75, 3.05) is 11.4 Å². The minimum Gasteiger partial charge on any atom is -0.338 e. The van der Waals surface area contributed by atoms with Crippen molar-refractivity contribution in [1.82, 2.24) is 24.9 Å². The first-order valence-corrected chi connectivity index (χ1v) is 24.3. The van der Waals surface area contributed by atoms with Crippen molar-refractivity contribution in [3.8, 4) is 6.07 Å². The quantitative estimate of drug-likeness (QED) is 0.0976. The number of nitrogens with zero attached hydrogens (tertiary/aromatic N) is 7. The predicted molar refractivity (Wildman–Crippen MR) is 262 cm³/mol. The number of nitriles is 1. The Kier molecular flexibility index (Phi) is 21.8. The van der Waals surface area contributed by atoms with Gasteiger partial charge in [-0.2, -0.15) is 22.8 Å². The van der Waals surface area contributed by atoms with Crippen LogP contribution in [-0.2, 0) is 17.8 Å². The molecule has 0 atom stereocenters. The normalized spacial score (nSPS) is 12.6. The Bertz CT molecular complexity index is 2960. The third-order valence-electron chi connectivity index (χ3n) is 9.53. The fourth-order valence-electron chi connectivity index (χ4n) is 5.73. The molecule has 0 saturated heterocycles. The number of rotatable bonds is 4. The zero-order chi connectivity index (χ0) is 54.2. The first-order valence-electron chi connectivity index (χ1n) is 19.5. The van der Waals surface area contributed by atoms with E-state index in [1.165, 1.54) is 50.3 Å². The van der Waals surface area contributed by atoms with Crippen LogP contribution in [0.4, 0.5) is 64.1 Å². The maximum Gasteiger partial charge on any atom is 0.289 e. The molecule has 1 aliphatic heterocycles. The molecule has 0 bridgehead atoms. The highest BCUT2D eigenvalue weighted by Gasteiger charge is 2.43. The molecule has 0 spiro atoms. The number of aromatic nitrogens is 5. The summed E-state index contributed by atoms with van der Waals surface area (Å²) in [6, 6.07) is 4.41. The van der Waals surface area contributed by atoms with Crippen molar-refractivity contribution in [2.45, 2.75) is 72.7 Å². The van der Waals surface area contributed by atoms with E-state index in [2.05, 4.69) is 120 Å². The molecular formula is C45H33Br6F12N7O. The molecule has 5 aromatic heterocycles. The van der Waals surface area contributed by atoms with Crippen molar-refractivity contribution in [2.24, 2.45) is 0 Å². The van der Waals surface area contributed by atoms with Gasteiger partial charge in [-0.3, -0.25) is 9.78 Å². The van der Waals surface area contributed by atoms with Crippen LogP contribution in [0.15, 0.2) is 76.3 Å². The molecule has 6 heterocycles. The number of hydrogen-bond donors (Lipinski definition) is 0. The molecule has 8 nitrogen and oxygen atoms in total. The molecule has 0 N–H and O–H groups in total. The van der Waals surface area contributed by atoms with E-state index in [-0.39, 0.29) is 66.9 Å². The average molecular weight is 1400 g/mol. The fraction of sp³-hybridized carbons (Fsp3) is 0.267. The number of carbonyl (C=O) groups is 1. The van der Waals surface area contributed by atoms with E-state index in [0.717, 1.165) is 12.3 Å². The Balaban J connectivity index is 0.000000255. The van der Waals surface area contributed by atoms with Crippen LogP contribution in [0.3, 0.4) is 0 Å². The number of pyridine rings is 5. The van der Waals surface area contributed by atoms with E-state index in [4.69, 9.17) is 0 Å². The lowest BCUT2D eigenvalue weighted by Gasteiger charge is -2.37. The zero-order valence-electron chi connectivity index (χ0n) is 37.4. The molecule has 1 aromatic carbocycles. The van der Waals surface area contributed by atoms with Crippen molar-refractivity contribution in [3.05, 3.63) is 162 Å². The standard InChI is InChI=1S/C18H13F6N3.C8H7BrF3N.C8H7BrFNO.C6H4Br2FN.C5H2Br2FN/c1-9-13(8-26-16(14(9)20)17(2,21)22)27-4-3-18(23,24)12-6-11(19)5-10(7-25)15(12)27;1-4-5(9)3-13-7(6(4)10)8(2,11)12;1-4-6(9)3-11-8(5(2)12)7(4)10;1-3-4(7)2-10-6(8)5(3)9;6-3-1-4(8)5(7)9-2-3/h5-6,8H,3-4H2,1-2H3;3H,1-2H3;3H,1-2H3;2H,1H3;1-2H. The molecule has 380 valence electrons. The molecule has 1 aliphatic rings. The Morgan fingerprint density at radius 1 is 0.648 bits per heavy atom. The maximum atomic E-state index is 14.4. The number of halogens is 18. The second-order valence-electron chi connectivity index (χ2n) is 14.9. The molecule has 71 heavy (non-hydrogen) atoms. The van der Waals surface area contributed by atoms with Crippen LogP contribution in [0.2, 0.25) is 0 Å². The summed E-state index contributed by atoms with van der Waals surface area (Å²) in [4.78, 5) is 29.9. The number of Topliss-reactive ketones (excluding diaryl/α,β-unsaturated/α-hetero) is 1. The van der Waals surface area contributed by atoms with Gasteiger partial charge in [0, 0.05) is 104 Å². The van der Waals surface area contributed by atoms with Gasteiger partial charge in [-0.05, 0) is 141 Å². The summed E-state index contributed by atoms with van der Waals surface area (Å²) in [6.07, 6.45) is 5.90. The van der Waals surface area contributed by atoms with Crippen LogP contribution < -0.4 is 4.90 Å². The molecule has 0 aliphatic carbocycles. The van der Waals surface area contributed by atoms with Crippen molar-refractivity contribution in [3.63, 3.8) is 0 Å². The first kappa shape index (κ1) is 61.3. The predicted octanol–water partition coefficient (Wildman–Crippen LogP) is 17.0. The highest BCUT2D eigenvalue weighted by Crippen LogP contribution is 2.48. The molecule has 6 aromatic rings. The number of benzene rings is 1. The van der Waals surface area contributed by atoms with Gasteiger partial charge in [0.15, 0.2) is 34.9 Å². The van der Waals surface area contributed by atoms with E-state index in [1.54, 1.807) is 26.1 Å². The smallest absolute Gasteiger partial charge is 0.289 e. The third kappa shape index (κ3) is 15.7. The maximum absolute atomic E-state index is 14.4. The van der Waals surface area contributed by atoms with Gasteiger partial charge in [-0.15, -0.1) is 0 Å². The first-order chi connectivity index (χ1) is 32.7.